The Morgan fingerprint density at radius 3 is 0.950 bits per heavy atom. The second-order valence-electron chi connectivity index (χ2n) is 9.07. The van der Waals surface area contributed by atoms with Gasteiger partial charge in [0.1, 0.15) is 0 Å². The molecule has 0 aromatic carbocycles. The second kappa shape index (κ2) is 6.01. The topological polar surface area (TPSA) is 0 Å². The molecule has 4 saturated carbocycles. The highest BCUT2D eigenvalue weighted by Crippen LogP contribution is 2.49. The molecule has 0 aromatic heterocycles. The molecule has 0 spiro atoms. The summed E-state index contributed by atoms with van der Waals surface area (Å²) in [6.07, 6.45) is 12.3. The molecule has 4 aliphatic rings. The summed E-state index contributed by atoms with van der Waals surface area (Å²) in [5, 5.41) is 0. The Balaban J connectivity index is 0.000000121. The lowest BCUT2D eigenvalue weighted by Gasteiger charge is -2.31. The van der Waals surface area contributed by atoms with Crippen LogP contribution >= 0.6 is 0 Å². The maximum Gasteiger partial charge on any atom is -0.0383 e. The molecule has 0 N–H and O–H groups in total. The van der Waals surface area contributed by atoms with Crippen LogP contribution in [0.15, 0.2) is 0 Å². The van der Waals surface area contributed by atoms with Crippen LogP contribution in [0.5, 0.6) is 0 Å². The van der Waals surface area contributed by atoms with Crippen molar-refractivity contribution >= 4 is 0 Å². The molecule has 4 bridgehead atoms. The van der Waals surface area contributed by atoms with Gasteiger partial charge in [-0.1, -0.05) is 27.7 Å². The minimum absolute atomic E-state index is 1.04. The third-order valence-corrected chi connectivity index (χ3v) is 7.61. The van der Waals surface area contributed by atoms with Crippen LogP contribution in [0.2, 0.25) is 0 Å². The molecule has 0 aliphatic heterocycles. The number of hydrogen-bond donors (Lipinski definition) is 0. The molecule has 0 amide bonds. The van der Waals surface area contributed by atoms with Gasteiger partial charge in [0.25, 0.3) is 0 Å². The zero-order chi connectivity index (χ0) is 14.3. The summed E-state index contributed by atoms with van der Waals surface area (Å²) in [7, 11) is 0. The predicted molar refractivity (Wildman–Crippen MR) is 87.6 cm³/mol. The van der Waals surface area contributed by atoms with Gasteiger partial charge in [-0.2, -0.15) is 0 Å². The Morgan fingerprint density at radius 2 is 0.700 bits per heavy atom. The standard InChI is InChI=1S/2C10H18/c2*1-7-5-9-3-4-10(6-7)8(9)2/h2*7-10H,3-6H2,1-2H3/t2*7?,8?,9-,10+. The third-order valence-electron chi connectivity index (χ3n) is 7.61. The quantitative estimate of drug-likeness (QED) is 0.497. The van der Waals surface area contributed by atoms with E-state index in [0.29, 0.717) is 0 Å². The van der Waals surface area contributed by atoms with Gasteiger partial charge in [0.15, 0.2) is 0 Å². The fourth-order valence-electron chi connectivity index (χ4n) is 6.27. The van der Waals surface area contributed by atoms with Gasteiger partial charge in [0.05, 0.1) is 0 Å². The lowest BCUT2D eigenvalue weighted by atomic mass is 9.75. The largest absolute Gasteiger partial charge is 0.0625 e. The van der Waals surface area contributed by atoms with Crippen LogP contribution in [-0.2, 0) is 0 Å². The monoisotopic (exact) mass is 276 g/mol. The van der Waals surface area contributed by atoms with Gasteiger partial charge in [0, 0.05) is 0 Å². The Labute approximate surface area is 127 Å². The maximum atomic E-state index is 2.47. The SMILES string of the molecule is CC1C[C@H]2CC[C@@H](C1)C2C.CC1C[C@H]2CC[C@@H](C1)C2C. The van der Waals surface area contributed by atoms with Crippen LogP contribution < -0.4 is 0 Å². The number of rotatable bonds is 0. The Morgan fingerprint density at radius 1 is 0.450 bits per heavy atom. The van der Waals surface area contributed by atoms with Crippen molar-refractivity contribution in [1.29, 1.82) is 0 Å². The van der Waals surface area contributed by atoms with Gasteiger partial charge in [-0.3, -0.25) is 0 Å². The first-order chi connectivity index (χ1) is 9.54. The summed E-state index contributed by atoms with van der Waals surface area (Å²) >= 11 is 0. The van der Waals surface area contributed by atoms with Crippen molar-refractivity contribution in [3.8, 4) is 0 Å². The van der Waals surface area contributed by atoms with Gasteiger partial charge in [-0.15, -0.1) is 0 Å². The smallest absolute Gasteiger partial charge is 0.0383 e. The average Bonchev–Trinajstić information content (AvgIpc) is 2.77. The van der Waals surface area contributed by atoms with Crippen LogP contribution in [0.25, 0.3) is 0 Å². The molecule has 0 saturated heterocycles. The fourth-order valence-corrected chi connectivity index (χ4v) is 6.27. The van der Waals surface area contributed by atoms with E-state index in [4.69, 9.17) is 0 Å². The zero-order valence-corrected chi connectivity index (χ0v) is 14.3. The molecular formula is C20H36. The lowest BCUT2D eigenvalue weighted by Crippen LogP contribution is -2.22. The van der Waals surface area contributed by atoms with E-state index in [2.05, 4.69) is 27.7 Å². The summed E-state index contributed by atoms with van der Waals surface area (Å²) in [5.74, 6) is 8.62. The average molecular weight is 277 g/mol. The molecule has 0 heteroatoms. The summed E-state index contributed by atoms with van der Waals surface area (Å²) in [6.45, 7) is 9.79. The molecule has 8 atom stereocenters. The number of hydrogen-bond acceptors (Lipinski definition) is 0. The molecule has 4 aliphatic carbocycles. The van der Waals surface area contributed by atoms with E-state index in [9.17, 15) is 0 Å². The zero-order valence-electron chi connectivity index (χ0n) is 14.3. The van der Waals surface area contributed by atoms with Crippen molar-refractivity contribution in [3.05, 3.63) is 0 Å². The Kier molecular flexibility index (Phi) is 4.48. The Hall–Kier alpha value is 0. The van der Waals surface area contributed by atoms with Crippen molar-refractivity contribution in [2.24, 2.45) is 47.3 Å². The molecule has 4 rings (SSSR count). The first-order valence-corrected chi connectivity index (χ1v) is 9.54. The van der Waals surface area contributed by atoms with Gasteiger partial charge < -0.3 is 0 Å². The van der Waals surface area contributed by atoms with E-state index in [1.54, 1.807) is 0 Å². The van der Waals surface area contributed by atoms with E-state index in [-0.39, 0.29) is 0 Å². The van der Waals surface area contributed by atoms with E-state index in [1.807, 2.05) is 0 Å². The first-order valence-electron chi connectivity index (χ1n) is 9.54. The summed E-state index contributed by atoms with van der Waals surface area (Å²) in [6, 6.07) is 0. The molecule has 0 radical (unpaired) electrons. The molecule has 4 unspecified atom stereocenters. The fraction of sp³-hybridized carbons (Fsp3) is 1.00. The van der Waals surface area contributed by atoms with Crippen LogP contribution in [0, 0.1) is 47.3 Å². The van der Waals surface area contributed by atoms with Crippen molar-refractivity contribution in [2.45, 2.75) is 79.1 Å². The normalized spacial score (nSPS) is 53.4. The molecule has 20 heavy (non-hydrogen) atoms. The van der Waals surface area contributed by atoms with E-state index in [1.165, 1.54) is 51.4 Å². The lowest BCUT2D eigenvalue weighted by molar-refractivity contribution is 0.194. The van der Waals surface area contributed by atoms with Gasteiger partial charge in [-0.25, -0.2) is 0 Å². The van der Waals surface area contributed by atoms with Gasteiger partial charge in [0.2, 0.25) is 0 Å². The van der Waals surface area contributed by atoms with Crippen LogP contribution in [0.1, 0.15) is 79.1 Å². The summed E-state index contributed by atoms with van der Waals surface area (Å²) in [5.41, 5.74) is 0. The Bertz CT molecular complexity index is 260. The summed E-state index contributed by atoms with van der Waals surface area (Å²) < 4.78 is 0. The summed E-state index contributed by atoms with van der Waals surface area (Å²) in [4.78, 5) is 0. The van der Waals surface area contributed by atoms with E-state index >= 15 is 0 Å². The van der Waals surface area contributed by atoms with Crippen molar-refractivity contribution in [1.82, 2.24) is 0 Å². The molecule has 116 valence electrons. The van der Waals surface area contributed by atoms with E-state index in [0.717, 1.165) is 47.3 Å². The molecule has 0 aromatic rings. The second-order valence-corrected chi connectivity index (χ2v) is 9.07. The molecular weight excluding hydrogens is 240 g/mol. The highest BCUT2D eigenvalue weighted by atomic mass is 14.4. The minimum Gasteiger partial charge on any atom is -0.0625 e. The van der Waals surface area contributed by atoms with Crippen LogP contribution in [-0.4, -0.2) is 0 Å². The number of fused-ring (bicyclic) bond motifs is 4. The molecule has 0 nitrogen and oxygen atoms in total. The maximum absolute atomic E-state index is 2.47. The minimum atomic E-state index is 1.04. The predicted octanol–water partition coefficient (Wildman–Crippen LogP) is 6.16. The highest BCUT2D eigenvalue weighted by molar-refractivity contribution is 4.89. The molecule has 0 heterocycles. The van der Waals surface area contributed by atoms with Crippen LogP contribution in [0.3, 0.4) is 0 Å². The van der Waals surface area contributed by atoms with Crippen molar-refractivity contribution in [2.75, 3.05) is 0 Å². The van der Waals surface area contributed by atoms with Crippen molar-refractivity contribution in [3.63, 3.8) is 0 Å². The van der Waals surface area contributed by atoms with Gasteiger partial charge in [-0.05, 0) is 98.7 Å². The molecule has 4 fully saturated rings. The van der Waals surface area contributed by atoms with Gasteiger partial charge >= 0.3 is 0 Å². The van der Waals surface area contributed by atoms with Crippen molar-refractivity contribution < 1.29 is 0 Å². The third kappa shape index (κ3) is 2.95. The van der Waals surface area contributed by atoms with E-state index < -0.39 is 0 Å². The first kappa shape index (κ1) is 14.9. The van der Waals surface area contributed by atoms with Crippen LogP contribution in [0.4, 0.5) is 0 Å². The highest BCUT2D eigenvalue weighted by Gasteiger charge is 2.39.